The lowest BCUT2D eigenvalue weighted by Gasteiger charge is -2.06. The molecular weight excluding hydrogens is 385 g/mol. The van der Waals surface area contributed by atoms with E-state index in [1.807, 2.05) is 0 Å². The van der Waals surface area contributed by atoms with Crippen LogP contribution in [0.5, 0.6) is 0 Å². The fourth-order valence-corrected chi connectivity index (χ4v) is 2.33. The molecule has 1 heterocycles. The Labute approximate surface area is 162 Å². The van der Waals surface area contributed by atoms with Gasteiger partial charge in [-0.1, -0.05) is 17.3 Å². The molecule has 10 nitrogen and oxygen atoms in total. The van der Waals surface area contributed by atoms with Crippen LogP contribution in [0.1, 0.15) is 21.0 Å². The molecule has 2 amide bonds. The van der Waals surface area contributed by atoms with Crippen LogP contribution in [0.2, 0.25) is 0 Å². The Balaban J connectivity index is 1.51. The molecule has 0 fully saturated rings. The Kier molecular flexibility index (Phi) is 5.88. The van der Waals surface area contributed by atoms with Crippen molar-refractivity contribution in [2.45, 2.75) is 0 Å². The Hall–Kier alpha value is -4.15. The van der Waals surface area contributed by atoms with Gasteiger partial charge in [-0.3, -0.25) is 19.7 Å². The first-order valence-electron chi connectivity index (χ1n) is 8.35. The highest BCUT2D eigenvalue weighted by Gasteiger charge is 2.17. The second kappa shape index (κ2) is 8.69. The number of carbonyl (C=O) groups is 2. The number of hydrogen-bond acceptors (Lipinski definition) is 7. The lowest BCUT2D eigenvalue weighted by atomic mass is 10.2. The number of nitro groups is 1. The number of hydrogen-bond donors (Lipinski definition) is 2. The third kappa shape index (κ3) is 4.77. The van der Waals surface area contributed by atoms with Gasteiger partial charge in [0.05, 0.1) is 10.5 Å². The van der Waals surface area contributed by atoms with Crippen molar-refractivity contribution >= 4 is 17.5 Å². The van der Waals surface area contributed by atoms with Crippen molar-refractivity contribution in [2.75, 3.05) is 13.1 Å². The Morgan fingerprint density at radius 1 is 1.03 bits per heavy atom. The summed E-state index contributed by atoms with van der Waals surface area (Å²) in [5.74, 6) is -2.11. The standard InChI is InChI=1S/C18H14FN5O5/c19-14-4-2-1-3-13(14)16(25)20-9-10-21-17(26)18-22-15(23-29-18)11-5-7-12(8-6-11)24(27)28/h1-8H,9-10H2,(H,20,25)(H,21,26). The van der Waals surface area contributed by atoms with Crippen molar-refractivity contribution in [3.8, 4) is 11.4 Å². The van der Waals surface area contributed by atoms with E-state index in [-0.39, 0.29) is 36.1 Å². The molecule has 3 aromatic rings. The molecule has 0 bridgehead atoms. The zero-order valence-corrected chi connectivity index (χ0v) is 14.8. The van der Waals surface area contributed by atoms with E-state index in [9.17, 15) is 24.1 Å². The van der Waals surface area contributed by atoms with Gasteiger partial charge in [-0.25, -0.2) is 4.39 Å². The van der Waals surface area contributed by atoms with Crippen LogP contribution in [-0.2, 0) is 0 Å². The number of non-ortho nitro benzene ring substituents is 1. The third-order valence-corrected chi connectivity index (χ3v) is 3.77. The first-order chi connectivity index (χ1) is 14.0. The van der Waals surface area contributed by atoms with Gasteiger partial charge in [0.25, 0.3) is 11.6 Å². The molecule has 0 aliphatic heterocycles. The number of carbonyl (C=O) groups excluding carboxylic acids is 2. The molecule has 0 atom stereocenters. The molecule has 0 aliphatic carbocycles. The number of rotatable bonds is 7. The van der Waals surface area contributed by atoms with E-state index in [2.05, 4.69) is 20.8 Å². The maximum atomic E-state index is 13.5. The predicted molar refractivity (Wildman–Crippen MR) is 97.5 cm³/mol. The molecule has 1 aromatic heterocycles. The number of amides is 2. The van der Waals surface area contributed by atoms with Crippen molar-refractivity contribution in [1.29, 1.82) is 0 Å². The minimum atomic E-state index is -0.661. The van der Waals surface area contributed by atoms with Gasteiger partial charge in [-0.05, 0) is 24.3 Å². The molecule has 3 rings (SSSR count). The van der Waals surface area contributed by atoms with Crippen LogP contribution < -0.4 is 10.6 Å². The molecule has 11 heteroatoms. The van der Waals surface area contributed by atoms with Gasteiger partial charge < -0.3 is 15.2 Å². The second-order valence-electron chi connectivity index (χ2n) is 5.72. The first-order valence-corrected chi connectivity index (χ1v) is 8.35. The summed E-state index contributed by atoms with van der Waals surface area (Å²) in [6.45, 7) is 0.108. The van der Waals surface area contributed by atoms with Crippen LogP contribution in [0.3, 0.4) is 0 Å². The maximum absolute atomic E-state index is 13.5. The number of halogens is 1. The smallest absolute Gasteiger partial charge is 0.316 e. The van der Waals surface area contributed by atoms with Crippen molar-refractivity contribution in [3.05, 3.63) is 75.9 Å². The Morgan fingerprint density at radius 3 is 2.34 bits per heavy atom. The second-order valence-corrected chi connectivity index (χ2v) is 5.72. The van der Waals surface area contributed by atoms with E-state index in [4.69, 9.17) is 4.52 Å². The quantitative estimate of drug-likeness (QED) is 0.351. The summed E-state index contributed by atoms with van der Waals surface area (Å²) in [6, 6.07) is 11.0. The van der Waals surface area contributed by atoms with E-state index in [1.165, 1.54) is 48.5 Å². The van der Waals surface area contributed by atoms with Crippen LogP contribution in [0, 0.1) is 15.9 Å². The highest BCUT2D eigenvalue weighted by Crippen LogP contribution is 2.19. The van der Waals surface area contributed by atoms with Crippen LogP contribution in [0.15, 0.2) is 53.1 Å². The van der Waals surface area contributed by atoms with Gasteiger partial charge in [0, 0.05) is 30.8 Å². The molecule has 0 spiro atoms. The average Bonchev–Trinajstić information content (AvgIpc) is 3.21. The van der Waals surface area contributed by atoms with Crippen molar-refractivity contribution in [3.63, 3.8) is 0 Å². The van der Waals surface area contributed by atoms with E-state index < -0.39 is 22.6 Å². The van der Waals surface area contributed by atoms with Crippen LogP contribution in [0.4, 0.5) is 10.1 Å². The van der Waals surface area contributed by atoms with Gasteiger partial charge in [0.1, 0.15) is 5.82 Å². The van der Waals surface area contributed by atoms with Gasteiger partial charge >= 0.3 is 11.8 Å². The van der Waals surface area contributed by atoms with Crippen molar-refractivity contribution in [2.24, 2.45) is 0 Å². The fourth-order valence-electron chi connectivity index (χ4n) is 2.33. The van der Waals surface area contributed by atoms with Crippen LogP contribution >= 0.6 is 0 Å². The fraction of sp³-hybridized carbons (Fsp3) is 0.111. The van der Waals surface area contributed by atoms with E-state index in [0.717, 1.165) is 0 Å². The molecule has 0 saturated carbocycles. The minimum Gasteiger partial charge on any atom is -0.350 e. The highest BCUT2D eigenvalue weighted by atomic mass is 19.1. The summed E-state index contributed by atoms with van der Waals surface area (Å²) in [5.41, 5.74) is 0.256. The monoisotopic (exact) mass is 399 g/mol. The summed E-state index contributed by atoms with van der Waals surface area (Å²) in [7, 11) is 0. The normalized spacial score (nSPS) is 10.4. The summed E-state index contributed by atoms with van der Waals surface area (Å²) in [5, 5.41) is 19.3. The highest BCUT2D eigenvalue weighted by molar-refractivity contribution is 5.94. The van der Waals surface area contributed by atoms with E-state index in [0.29, 0.717) is 5.56 Å². The average molecular weight is 399 g/mol. The van der Waals surface area contributed by atoms with E-state index in [1.54, 1.807) is 0 Å². The Bertz CT molecular complexity index is 1050. The van der Waals surface area contributed by atoms with Gasteiger partial charge in [-0.2, -0.15) is 4.98 Å². The van der Waals surface area contributed by atoms with Crippen LogP contribution in [-0.4, -0.2) is 40.0 Å². The van der Waals surface area contributed by atoms with E-state index >= 15 is 0 Å². The molecule has 2 N–H and O–H groups in total. The zero-order chi connectivity index (χ0) is 20.8. The molecule has 2 aromatic carbocycles. The predicted octanol–water partition coefficient (Wildman–Crippen LogP) is 1.94. The van der Waals surface area contributed by atoms with Crippen molar-refractivity contribution in [1.82, 2.24) is 20.8 Å². The SMILES string of the molecule is O=C(NCCNC(=O)c1ccccc1F)c1nc(-c2ccc([N+](=O)[O-])cc2)no1. The molecule has 0 aliphatic rings. The molecular formula is C18H14FN5O5. The summed E-state index contributed by atoms with van der Waals surface area (Å²) >= 11 is 0. The molecule has 0 saturated heterocycles. The number of nitro benzene ring substituents is 1. The zero-order valence-electron chi connectivity index (χ0n) is 14.8. The molecule has 0 unspecified atom stereocenters. The number of benzene rings is 2. The topological polar surface area (TPSA) is 140 Å². The number of nitrogens with zero attached hydrogens (tertiary/aromatic N) is 3. The summed E-state index contributed by atoms with van der Waals surface area (Å²) < 4.78 is 18.4. The maximum Gasteiger partial charge on any atom is 0.316 e. The van der Waals surface area contributed by atoms with Gasteiger partial charge in [-0.15, -0.1) is 0 Å². The van der Waals surface area contributed by atoms with Gasteiger partial charge in [0.2, 0.25) is 5.82 Å². The molecule has 148 valence electrons. The summed E-state index contributed by atoms with van der Waals surface area (Å²) in [4.78, 5) is 38.0. The van der Waals surface area contributed by atoms with Gasteiger partial charge in [0.15, 0.2) is 0 Å². The van der Waals surface area contributed by atoms with Crippen LogP contribution in [0.25, 0.3) is 11.4 Å². The number of nitrogens with one attached hydrogen (secondary N) is 2. The lowest BCUT2D eigenvalue weighted by molar-refractivity contribution is -0.384. The molecule has 29 heavy (non-hydrogen) atoms. The lowest BCUT2D eigenvalue weighted by Crippen LogP contribution is -2.35. The van der Waals surface area contributed by atoms with Crippen molar-refractivity contribution < 1.29 is 23.4 Å². The molecule has 0 radical (unpaired) electrons. The Morgan fingerprint density at radius 2 is 1.69 bits per heavy atom. The largest absolute Gasteiger partial charge is 0.350 e. The summed E-state index contributed by atoms with van der Waals surface area (Å²) in [6.07, 6.45) is 0. The third-order valence-electron chi connectivity index (χ3n) is 3.77. The first kappa shape index (κ1) is 19.6. The number of aromatic nitrogens is 2. The minimum absolute atomic E-state index is 0.0499.